The summed E-state index contributed by atoms with van der Waals surface area (Å²) in [4.78, 5) is 2.74. The van der Waals surface area contributed by atoms with Gasteiger partial charge in [-0.15, -0.1) is 23.5 Å². The van der Waals surface area contributed by atoms with Crippen LogP contribution >= 0.6 is 55.4 Å². The lowest BCUT2D eigenvalue weighted by atomic mass is 10.2. The van der Waals surface area contributed by atoms with Crippen LogP contribution in [-0.4, -0.2) is 12.5 Å². The van der Waals surface area contributed by atoms with Crippen LogP contribution < -0.4 is 0 Å². The van der Waals surface area contributed by atoms with E-state index in [9.17, 15) is 0 Å². The quantitative estimate of drug-likeness (QED) is 0.555. The van der Waals surface area contributed by atoms with Crippen molar-refractivity contribution in [3.63, 3.8) is 0 Å². The largest absolute Gasteiger partial charge is 0.129 e. The number of rotatable bonds is 4. The van der Waals surface area contributed by atoms with E-state index in [1.165, 1.54) is 20.9 Å². The fourth-order valence-electron chi connectivity index (χ4n) is 1.23. The maximum Gasteiger partial charge on any atom is 0.0294 e. The maximum absolute atomic E-state index is 3.52. The van der Waals surface area contributed by atoms with Gasteiger partial charge >= 0.3 is 0 Å². The van der Waals surface area contributed by atoms with Crippen LogP contribution in [0.4, 0.5) is 0 Å². The smallest absolute Gasteiger partial charge is 0.0294 e. The molecule has 78 valence electrons. The molecule has 0 aliphatic rings. The average Bonchev–Trinajstić information content (AvgIpc) is 2.26. The second kappa shape index (κ2) is 6.46. The van der Waals surface area contributed by atoms with Gasteiger partial charge in [-0.3, -0.25) is 0 Å². The van der Waals surface area contributed by atoms with E-state index in [2.05, 4.69) is 56.5 Å². The summed E-state index contributed by atoms with van der Waals surface area (Å²) in [5, 5.41) is 1.86. The normalized spacial score (nSPS) is 10.6. The number of hydrogen-bond donors (Lipinski definition) is 0. The molecule has 1 aromatic rings. The Labute approximate surface area is 111 Å². The van der Waals surface area contributed by atoms with Crippen LogP contribution in [-0.2, 0) is 10.7 Å². The molecule has 0 nitrogen and oxygen atoms in total. The van der Waals surface area contributed by atoms with Gasteiger partial charge in [0.15, 0.2) is 0 Å². The zero-order valence-electron chi connectivity index (χ0n) is 8.14. The van der Waals surface area contributed by atoms with Gasteiger partial charge in [0.2, 0.25) is 0 Å². The van der Waals surface area contributed by atoms with Gasteiger partial charge in [0, 0.05) is 20.5 Å². The van der Waals surface area contributed by atoms with Gasteiger partial charge in [0.05, 0.1) is 0 Å². The molecule has 0 N–H and O–H groups in total. The van der Waals surface area contributed by atoms with E-state index in [4.69, 9.17) is 0 Å². The lowest BCUT2D eigenvalue weighted by Crippen LogP contribution is -1.90. The SMILES string of the molecule is CSc1cc(CBr)c(SC)cc1CBr. The summed E-state index contributed by atoms with van der Waals surface area (Å²) in [6.07, 6.45) is 4.25. The highest BCUT2D eigenvalue weighted by molar-refractivity contribution is 9.08. The molecule has 0 aromatic heterocycles. The molecule has 0 saturated carbocycles. The van der Waals surface area contributed by atoms with Gasteiger partial charge in [0.25, 0.3) is 0 Å². The predicted molar refractivity (Wildman–Crippen MR) is 75.3 cm³/mol. The van der Waals surface area contributed by atoms with Crippen molar-refractivity contribution in [2.24, 2.45) is 0 Å². The molecule has 0 aliphatic carbocycles. The van der Waals surface area contributed by atoms with Crippen LogP contribution in [0.25, 0.3) is 0 Å². The highest BCUT2D eigenvalue weighted by Gasteiger charge is 2.07. The Bertz CT molecular complexity index is 255. The molecule has 0 spiro atoms. The Hall–Kier alpha value is 0.880. The topological polar surface area (TPSA) is 0 Å². The standard InChI is InChI=1S/C10H12Br2S2/c1-13-9-3-8(6-12)10(14-2)4-7(9)5-11/h3-4H,5-6H2,1-2H3. The van der Waals surface area contributed by atoms with E-state index >= 15 is 0 Å². The fourth-order valence-corrected chi connectivity index (χ4v) is 3.84. The van der Waals surface area contributed by atoms with E-state index in [-0.39, 0.29) is 0 Å². The molecule has 4 heteroatoms. The van der Waals surface area contributed by atoms with Gasteiger partial charge in [-0.1, -0.05) is 31.9 Å². The monoisotopic (exact) mass is 354 g/mol. The second-order valence-electron chi connectivity index (χ2n) is 2.74. The molecule has 0 aliphatic heterocycles. The zero-order valence-corrected chi connectivity index (χ0v) is 12.9. The Morgan fingerprint density at radius 2 is 1.29 bits per heavy atom. The zero-order chi connectivity index (χ0) is 10.6. The van der Waals surface area contributed by atoms with Gasteiger partial charge in [-0.2, -0.15) is 0 Å². The van der Waals surface area contributed by atoms with Crippen LogP contribution in [0, 0.1) is 0 Å². The third-order valence-corrected chi connectivity index (χ3v) is 4.82. The number of halogens is 2. The van der Waals surface area contributed by atoms with Crippen molar-refractivity contribution in [1.29, 1.82) is 0 Å². The molecular weight excluding hydrogens is 344 g/mol. The first-order valence-corrected chi connectivity index (χ1v) is 8.81. The highest BCUT2D eigenvalue weighted by atomic mass is 79.9. The van der Waals surface area contributed by atoms with Gasteiger partial charge in [0.1, 0.15) is 0 Å². The Morgan fingerprint density at radius 3 is 1.50 bits per heavy atom. The van der Waals surface area contributed by atoms with Crippen LogP contribution in [0.3, 0.4) is 0 Å². The van der Waals surface area contributed by atoms with Crippen molar-refractivity contribution in [1.82, 2.24) is 0 Å². The Kier molecular flexibility index (Phi) is 5.97. The molecule has 0 atom stereocenters. The summed E-state index contributed by atoms with van der Waals surface area (Å²) in [6.45, 7) is 0. The number of benzene rings is 1. The molecule has 1 rings (SSSR count). The maximum atomic E-state index is 3.52. The van der Waals surface area contributed by atoms with E-state index in [1.807, 2.05) is 23.5 Å². The lowest BCUT2D eigenvalue weighted by molar-refractivity contribution is 1.16. The van der Waals surface area contributed by atoms with Crippen LogP contribution in [0.5, 0.6) is 0 Å². The van der Waals surface area contributed by atoms with Crippen molar-refractivity contribution < 1.29 is 0 Å². The second-order valence-corrected chi connectivity index (χ2v) is 5.56. The highest BCUT2D eigenvalue weighted by Crippen LogP contribution is 2.31. The number of alkyl halides is 2. The summed E-state index contributed by atoms with van der Waals surface area (Å²) in [5.41, 5.74) is 2.76. The third-order valence-electron chi connectivity index (χ3n) is 1.97. The van der Waals surface area contributed by atoms with Crippen molar-refractivity contribution in [3.05, 3.63) is 23.3 Å². The molecule has 0 fully saturated rings. The minimum atomic E-state index is 0.930. The van der Waals surface area contributed by atoms with Gasteiger partial charge in [-0.25, -0.2) is 0 Å². The summed E-state index contributed by atoms with van der Waals surface area (Å²) < 4.78 is 0. The predicted octanol–water partition coefficient (Wildman–Crippen LogP) is 4.92. The van der Waals surface area contributed by atoms with E-state index in [0.29, 0.717) is 0 Å². The van der Waals surface area contributed by atoms with E-state index in [1.54, 1.807) is 0 Å². The van der Waals surface area contributed by atoms with Gasteiger partial charge in [-0.05, 0) is 35.8 Å². The molecular formula is C10H12Br2S2. The molecule has 14 heavy (non-hydrogen) atoms. The first-order chi connectivity index (χ1) is 6.76. The molecule has 0 radical (unpaired) electrons. The van der Waals surface area contributed by atoms with Crippen molar-refractivity contribution in [3.8, 4) is 0 Å². The molecule has 0 heterocycles. The van der Waals surface area contributed by atoms with Crippen LogP contribution in [0.1, 0.15) is 11.1 Å². The molecule has 0 amide bonds. The summed E-state index contributed by atoms with van der Waals surface area (Å²) in [7, 11) is 0. The third kappa shape index (κ3) is 2.94. The molecule has 0 unspecified atom stereocenters. The summed E-state index contributed by atoms with van der Waals surface area (Å²) >= 11 is 10.7. The Morgan fingerprint density at radius 1 is 0.929 bits per heavy atom. The van der Waals surface area contributed by atoms with Crippen molar-refractivity contribution in [2.45, 2.75) is 20.5 Å². The van der Waals surface area contributed by atoms with Crippen LogP contribution in [0.2, 0.25) is 0 Å². The van der Waals surface area contributed by atoms with E-state index in [0.717, 1.165) is 10.7 Å². The molecule has 0 bridgehead atoms. The molecule has 0 saturated heterocycles. The summed E-state index contributed by atoms with van der Waals surface area (Å²) in [5.74, 6) is 0. The van der Waals surface area contributed by atoms with Crippen molar-refractivity contribution in [2.75, 3.05) is 12.5 Å². The first kappa shape index (κ1) is 12.9. The fraction of sp³-hybridized carbons (Fsp3) is 0.400. The first-order valence-electron chi connectivity index (χ1n) is 4.12. The van der Waals surface area contributed by atoms with Crippen molar-refractivity contribution >= 4 is 55.4 Å². The van der Waals surface area contributed by atoms with Gasteiger partial charge < -0.3 is 0 Å². The summed E-state index contributed by atoms with van der Waals surface area (Å²) in [6, 6.07) is 4.56. The molecule has 1 aromatic carbocycles. The number of hydrogen-bond acceptors (Lipinski definition) is 2. The minimum absolute atomic E-state index is 0.930. The minimum Gasteiger partial charge on any atom is -0.129 e. The average molecular weight is 356 g/mol. The Balaban J connectivity index is 3.20. The number of thioether (sulfide) groups is 2. The lowest BCUT2D eigenvalue weighted by Gasteiger charge is -2.11. The van der Waals surface area contributed by atoms with Crippen LogP contribution in [0.15, 0.2) is 21.9 Å². The van der Waals surface area contributed by atoms with E-state index < -0.39 is 0 Å².